The molecule has 0 bridgehead atoms. The molecule has 0 aliphatic heterocycles. The molecule has 3 rings (SSSR count). The summed E-state index contributed by atoms with van der Waals surface area (Å²) in [6.07, 6.45) is 2.32. The van der Waals surface area contributed by atoms with Crippen LogP contribution >= 0.6 is 0 Å². The molecule has 0 fully saturated rings. The molecular weight excluding hydrogens is 236 g/mol. The fourth-order valence-electron chi connectivity index (χ4n) is 3.53. The standard InChI is InChI=1S/C16H22N2O/c1-10-15-11(9-18(2)3)5-6-12-14(19-4)8-7-13(17-10)16(12)15/h7-8,11,17H,5-6,9H2,1-4H3. The number of ether oxygens (including phenoxy) is 1. The van der Waals surface area contributed by atoms with Crippen molar-refractivity contribution in [1.82, 2.24) is 9.88 Å². The van der Waals surface area contributed by atoms with Crippen LogP contribution in [0.5, 0.6) is 5.75 Å². The lowest BCUT2D eigenvalue weighted by molar-refractivity contribution is 0.359. The third kappa shape index (κ3) is 1.93. The Bertz CT molecular complexity index is 613. The third-order valence-electron chi connectivity index (χ3n) is 4.22. The first-order chi connectivity index (χ1) is 9.11. The van der Waals surface area contributed by atoms with Crippen molar-refractivity contribution in [3.05, 3.63) is 29.0 Å². The molecule has 1 aliphatic rings. The van der Waals surface area contributed by atoms with E-state index in [-0.39, 0.29) is 0 Å². The van der Waals surface area contributed by atoms with Crippen LogP contribution in [0.25, 0.3) is 10.9 Å². The minimum Gasteiger partial charge on any atom is -0.496 e. The highest BCUT2D eigenvalue weighted by molar-refractivity contribution is 5.91. The van der Waals surface area contributed by atoms with Crippen molar-refractivity contribution in [2.45, 2.75) is 25.7 Å². The second-order valence-corrected chi connectivity index (χ2v) is 5.83. The van der Waals surface area contributed by atoms with E-state index >= 15 is 0 Å². The summed E-state index contributed by atoms with van der Waals surface area (Å²) in [7, 11) is 6.07. The van der Waals surface area contributed by atoms with Gasteiger partial charge in [-0.25, -0.2) is 0 Å². The molecule has 19 heavy (non-hydrogen) atoms. The molecule has 1 aromatic carbocycles. The molecule has 1 atom stereocenters. The molecular formula is C16H22N2O. The van der Waals surface area contributed by atoms with E-state index in [1.165, 1.54) is 34.1 Å². The fourth-order valence-corrected chi connectivity index (χ4v) is 3.53. The van der Waals surface area contributed by atoms with Crippen LogP contribution in [-0.2, 0) is 6.42 Å². The van der Waals surface area contributed by atoms with Gasteiger partial charge in [-0.15, -0.1) is 0 Å². The first-order valence-corrected chi connectivity index (χ1v) is 6.94. The molecule has 0 amide bonds. The van der Waals surface area contributed by atoms with Gasteiger partial charge in [-0.3, -0.25) is 0 Å². The van der Waals surface area contributed by atoms with Crippen molar-refractivity contribution in [2.75, 3.05) is 27.7 Å². The van der Waals surface area contributed by atoms with Gasteiger partial charge in [-0.05, 0) is 57.5 Å². The van der Waals surface area contributed by atoms with Gasteiger partial charge in [0, 0.05) is 28.7 Å². The lowest BCUT2D eigenvalue weighted by Gasteiger charge is -2.27. The SMILES string of the molecule is COc1ccc2[nH]c(C)c3c2c1CCC3CN(C)C. The summed E-state index contributed by atoms with van der Waals surface area (Å²) < 4.78 is 5.53. The maximum absolute atomic E-state index is 5.53. The van der Waals surface area contributed by atoms with Crippen LogP contribution in [0.2, 0.25) is 0 Å². The zero-order valence-electron chi connectivity index (χ0n) is 12.2. The Morgan fingerprint density at radius 2 is 2.16 bits per heavy atom. The number of nitrogens with zero attached hydrogens (tertiary/aromatic N) is 1. The molecule has 0 spiro atoms. The second kappa shape index (κ2) is 4.57. The Labute approximate surface area is 114 Å². The number of benzene rings is 1. The van der Waals surface area contributed by atoms with E-state index < -0.39 is 0 Å². The van der Waals surface area contributed by atoms with Crippen LogP contribution in [0.4, 0.5) is 0 Å². The van der Waals surface area contributed by atoms with Gasteiger partial charge in [0.2, 0.25) is 0 Å². The maximum atomic E-state index is 5.53. The predicted molar refractivity (Wildman–Crippen MR) is 79.2 cm³/mol. The first kappa shape index (κ1) is 12.5. The predicted octanol–water partition coefficient (Wildman–Crippen LogP) is 3.08. The maximum Gasteiger partial charge on any atom is 0.122 e. The molecule has 1 heterocycles. The van der Waals surface area contributed by atoms with Crippen LogP contribution in [0.3, 0.4) is 0 Å². The smallest absolute Gasteiger partial charge is 0.122 e. The minimum atomic E-state index is 0.628. The van der Waals surface area contributed by atoms with Crippen molar-refractivity contribution in [3.63, 3.8) is 0 Å². The van der Waals surface area contributed by atoms with E-state index in [0.29, 0.717) is 5.92 Å². The molecule has 0 saturated heterocycles. The van der Waals surface area contributed by atoms with Crippen molar-refractivity contribution >= 4 is 10.9 Å². The van der Waals surface area contributed by atoms with Crippen LogP contribution in [0, 0.1) is 6.92 Å². The van der Waals surface area contributed by atoms with Gasteiger partial charge >= 0.3 is 0 Å². The number of aromatic amines is 1. The Kier molecular flexibility index (Phi) is 3.02. The monoisotopic (exact) mass is 258 g/mol. The highest BCUT2D eigenvalue weighted by Crippen LogP contribution is 2.42. The third-order valence-corrected chi connectivity index (χ3v) is 4.22. The van der Waals surface area contributed by atoms with E-state index in [9.17, 15) is 0 Å². The number of hydrogen-bond donors (Lipinski definition) is 1. The molecule has 1 N–H and O–H groups in total. The lowest BCUT2D eigenvalue weighted by Crippen LogP contribution is -2.23. The zero-order valence-corrected chi connectivity index (χ0v) is 12.2. The van der Waals surface area contributed by atoms with Crippen LogP contribution in [0.15, 0.2) is 12.1 Å². The Morgan fingerprint density at radius 3 is 2.84 bits per heavy atom. The average molecular weight is 258 g/mol. The number of aromatic nitrogens is 1. The molecule has 3 heteroatoms. The van der Waals surface area contributed by atoms with Crippen molar-refractivity contribution in [3.8, 4) is 5.75 Å². The normalized spacial score (nSPS) is 18.3. The number of likely N-dealkylation sites (N-methyl/N-ethyl adjacent to an activating group) is 1. The summed E-state index contributed by atoms with van der Waals surface area (Å²) in [5.41, 5.74) is 5.46. The minimum absolute atomic E-state index is 0.628. The van der Waals surface area contributed by atoms with Gasteiger partial charge in [0.05, 0.1) is 7.11 Å². The number of nitrogens with one attached hydrogen (secondary N) is 1. The summed E-state index contributed by atoms with van der Waals surface area (Å²) in [5.74, 6) is 1.67. The topological polar surface area (TPSA) is 28.3 Å². The van der Waals surface area contributed by atoms with Crippen LogP contribution in [-0.4, -0.2) is 37.6 Å². The first-order valence-electron chi connectivity index (χ1n) is 6.94. The highest BCUT2D eigenvalue weighted by Gasteiger charge is 2.27. The van der Waals surface area contributed by atoms with Gasteiger partial charge in [0.1, 0.15) is 5.75 Å². The average Bonchev–Trinajstić information content (AvgIpc) is 2.71. The van der Waals surface area contributed by atoms with Gasteiger partial charge in [0.25, 0.3) is 0 Å². The summed E-state index contributed by atoms with van der Waals surface area (Å²) in [6.45, 7) is 3.31. The number of methoxy groups -OCH3 is 1. The lowest BCUT2D eigenvalue weighted by atomic mass is 9.82. The molecule has 1 aliphatic carbocycles. The van der Waals surface area contributed by atoms with Gasteiger partial charge in [-0.2, -0.15) is 0 Å². The summed E-state index contributed by atoms with van der Waals surface area (Å²) in [4.78, 5) is 5.83. The van der Waals surface area contributed by atoms with Crippen molar-refractivity contribution in [1.29, 1.82) is 0 Å². The largest absolute Gasteiger partial charge is 0.496 e. The van der Waals surface area contributed by atoms with Gasteiger partial charge < -0.3 is 14.6 Å². The van der Waals surface area contributed by atoms with E-state index in [0.717, 1.165) is 18.7 Å². The zero-order chi connectivity index (χ0) is 13.6. The Balaban J connectivity index is 2.21. The Hall–Kier alpha value is -1.48. The second-order valence-electron chi connectivity index (χ2n) is 5.83. The van der Waals surface area contributed by atoms with Gasteiger partial charge in [0.15, 0.2) is 0 Å². The van der Waals surface area contributed by atoms with Crippen molar-refractivity contribution in [2.24, 2.45) is 0 Å². The summed E-state index contributed by atoms with van der Waals surface area (Å²) in [6, 6.07) is 4.23. The number of hydrogen-bond acceptors (Lipinski definition) is 2. The number of H-pyrrole nitrogens is 1. The quantitative estimate of drug-likeness (QED) is 0.916. The molecule has 0 radical (unpaired) electrons. The molecule has 3 nitrogen and oxygen atoms in total. The molecule has 102 valence electrons. The molecule has 0 saturated carbocycles. The summed E-state index contributed by atoms with van der Waals surface area (Å²) >= 11 is 0. The fraction of sp³-hybridized carbons (Fsp3) is 0.500. The van der Waals surface area contributed by atoms with E-state index in [4.69, 9.17) is 4.74 Å². The van der Waals surface area contributed by atoms with E-state index in [1.807, 2.05) is 0 Å². The highest BCUT2D eigenvalue weighted by atomic mass is 16.5. The summed E-state index contributed by atoms with van der Waals surface area (Å²) in [5, 5.41) is 1.41. The van der Waals surface area contributed by atoms with Crippen LogP contribution in [0.1, 0.15) is 29.2 Å². The van der Waals surface area contributed by atoms with Gasteiger partial charge in [-0.1, -0.05) is 0 Å². The Morgan fingerprint density at radius 1 is 1.37 bits per heavy atom. The van der Waals surface area contributed by atoms with E-state index in [1.54, 1.807) is 7.11 Å². The number of rotatable bonds is 3. The molecule has 2 aromatic rings. The molecule has 1 unspecified atom stereocenters. The molecule has 1 aromatic heterocycles. The number of aryl methyl sites for hydroxylation is 2. The van der Waals surface area contributed by atoms with Crippen molar-refractivity contribution < 1.29 is 4.74 Å². The van der Waals surface area contributed by atoms with E-state index in [2.05, 4.69) is 43.0 Å². The van der Waals surface area contributed by atoms with Crippen LogP contribution < -0.4 is 4.74 Å².